The van der Waals surface area contributed by atoms with Gasteiger partial charge >= 0.3 is 6.36 Å². The van der Waals surface area contributed by atoms with Gasteiger partial charge in [0.25, 0.3) is 0 Å². The molecule has 0 unspecified atom stereocenters. The SMILES string of the molecule is Cc1cc2cccc(OC(F)(F)F)c2[nH]1. The van der Waals surface area contributed by atoms with Crippen molar-refractivity contribution in [3.05, 3.63) is 30.0 Å². The van der Waals surface area contributed by atoms with Gasteiger partial charge in [0.2, 0.25) is 0 Å². The van der Waals surface area contributed by atoms with Crippen LogP contribution in [0.25, 0.3) is 10.9 Å². The summed E-state index contributed by atoms with van der Waals surface area (Å²) < 4.78 is 40.0. The zero-order chi connectivity index (χ0) is 11.1. The van der Waals surface area contributed by atoms with E-state index in [4.69, 9.17) is 0 Å². The topological polar surface area (TPSA) is 25.0 Å². The van der Waals surface area contributed by atoms with Crippen molar-refractivity contribution in [1.82, 2.24) is 4.98 Å². The van der Waals surface area contributed by atoms with Gasteiger partial charge in [-0.3, -0.25) is 0 Å². The van der Waals surface area contributed by atoms with Crippen molar-refractivity contribution in [2.45, 2.75) is 13.3 Å². The van der Waals surface area contributed by atoms with Crippen LogP contribution in [0.3, 0.4) is 0 Å². The number of rotatable bonds is 1. The molecule has 1 aromatic heterocycles. The van der Waals surface area contributed by atoms with E-state index in [0.717, 1.165) is 5.69 Å². The second kappa shape index (κ2) is 3.18. The molecule has 0 aliphatic carbocycles. The van der Waals surface area contributed by atoms with Gasteiger partial charge in [0, 0.05) is 11.1 Å². The fourth-order valence-corrected chi connectivity index (χ4v) is 1.48. The molecule has 1 heterocycles. The number of aryl methyl sites for hydroxylation is 1. The van der Waals surface area contributed by atoms with Crippen molar-refractivity contribution in [3.63, 3.8) is 0 Å². The summed E-state index contributed by atoms with van der Waals surface area (Å²) in [6.07, 6.45) is -4.66. The molecule has 1 aromatic carbocycles. The molecule has 0 saturated heterocycles. The summed E-state index contributed by atoms with van der Waals surface area (Å²) in [4.78, 5) is 2.82. The molecule has 0 aliphatic heterocycles. The number of fused-ring (bicyclic) bond motifs is 1. The zero-order valence-corrected chi connectivity index (χ0v) is 7.85. The fourth-order valence-electron chi connectivity index (χ4n) is 1.48. The maximum atomic E-state index is 12.0. The van der Waals surface area contributed by atoms with Crippen molar-refractivity contribution >= 4 is 10.9 Å². The summed E-state index contributed by atoms with van der Waals surface area (Å²) >= 11 is 0. The van der Waals surface area contributed by atoms with E-state index in [1.807, 2.05) is 0 Å². The van der Waals surface area contributed by atoms with Crippen LogP contribution in [0.4, 0.5) is 13.2 Å². The molecule has 2 aromatic rings. The number of hydrogen-bond acceptors (Lipinski definition) is 1. The van der Waals surface area contributed by atoms with E-state index in [0.29, 0.717) is 10.9 Å². The van der Waals surface area contributed by atoms with Gasteiger partial charge < -0.3 is 9.72 Å². The normalized spacial score (nSPS) is 12.0. The lowest BCUT2D eigenvalue weighted by molar-refractivity contribution is -0.274. The van der Waals surface area contributed by atoms with Crippen molar-refractivity contribution in [2.24, 2.45) is 0 Å². The molecule has 0 spiro atoms. The van der Waals surface area contributed by atoms with Gasteiger partial charge in [-0.25, -0.2) is 0 Å². The van der Waals surface area contributed by atoms with E-state index in [9.17, 15) is 13.2 Å². The number of halogens is 3. The average Bonchev–Trinajstić information content (AvgIpc) is 2.43. The van der Waals surface area contributed by atoms with Gasteiger partial charge in [0.1, 0.15) is 0 Å². The first-order valence-electron chi connectivity index (χ1n) is 4.30. The van der Waals surface area contributed by atoms with Crippen LogP contribution in [0, 0.1) is 6.92 Å². The van der Waals surface area contributed by atoms with E-state index in [1.54, 1.807) is 19.1 Å². The van der Waals surface area contributed by atoms with Crippen LogP contribution in [0.1, 0.15) is 5.69 Å². The van der Waals surface area contributed by atoms with Crippen molar-refractivity contribution in [1.29, 1.82) is 0 Å². The standard InChI is InChI=1S/C10H8F3NO/c1-6-5-7-3-2-4-8(9(7)14-6)15-10(11,12)13/h2-5,14H,1H3. The Kier molecular flexibility index (Phi) is 2.10. The summed E-state index contributed by atoms with van der Waals surface area (Å²) in [5.74, 6) is -0.201. The average molecular weight is 215 g/mol. The van der Waals surface area contributed by atoms with E-state index in [2.05, 4.69) is 9.72 Å². The number of nitrogens with one attached hydrogen (secondary N) is 1. The molecule has 5 heteroatoms. The molecule has 0 atom stereocenters. The molecular weight excluding hydrogens is 207 g/mol. The Morgan fingerprint density at radius 1 is 1.27 bits per heavy atom. The predicted octanol–water partition coefficient (Wildman–Crippen LogP) is 3.37. The van der Waals surface area contributed by atoms with Gasteiger partial charge in [0.05, 0.1) is 5.52 Å². The highest BCUT2D eigenvalue weighted by molar-refractivity contribution is 5.86. The molecule has 0 bridgehead atoms. The van der Waals surface area contributed by atoms with E-state index >= 15 is 0 Å². The molecule has 2 rings (SSSR count). The number of aromatic nitrogens is 1. The van der Waals surface area contributed by atoms with Crippen LogP contribution in [-0.4, -0.2) is 11.3 Å². The maximum absolute atomic E-state index is 12.0. The minimum atomic E-state index is -4.66. The summed E-state index contributed by atoms with van der Waals surface area (Å²) in [6, 6.07) is 6.29. The quantitative estimate of drug-likeness (QED) is 0.775. The maximum Gasteiger partial charge on any atom is 0.573 e. The van der Waals surface area contributed by atoms with E-state index in [-0.39, 0.29) is 5.75 Å². The summed E-state index contributed by atoms with van der Waals surface area (Å²) in [5.41, 5.74) is 1.16. The largest absolute Gasteiger partial charge is 0.573 e. The lowest BCUT2D eigenvalue weighted by Crippen LogP contribution is -2.17. The third-order valence-corrected chi connectivity index (χ3v) is 1.98. The van der Waals surface area contributed by atoms with Crippen LogP contribution in [0.15, 0.2) is 24.3 Å². The van der Waals surface area contributed by atoms with Crippen LogP contribution in [0.5, 0.6) is 5.75 Å². The first kappa shape index (κ1) is 9.89. The zero-order valence-electron chi connectivity index (χ0n) is 7.85. The lowest BCUT2D eigenvalue weighted by Gasteiger charge is -2.09. The molecule has 0 fully saturated rings. The Morgan fingerprint density at radius 3 is 2.67 bits per heavy atom. The summed E-state index contributed by atoms with van der Waals surface area (Å²) in [6.45, 7) is 1.78. The minimum absolute atomic E-state index is 0.201. The number of ether oxygens (including phenoxy) is 1. The molecule has 0 radical (unpaired) electrons. The van der Waals surface area contributed by atoms with Crippen molar-refractivity contribution in [2.75, 3.05) is 0 Å². The summed E-state index contributed by atoms with van der Waals surface area (Å²) in [5, 5.41) is 0.703. The molecule has 15 heavy (non-hydrogen) atoms. The second-order valence-electron chi connectivity index (χ2n) is 3.22. The van der Waals surface area contributed by atoms with Gasteiger partial charge in [-0.05, 0) is 19.1 Å². The molecule has 0 saturated carbocycles. The number of benzene rings is 1. The molecular formula is C10H8F3NO. The molecule has 0 aliphatic rings. The van der Waals surface area contributed by atoms with Gasteiger partial charge in [0.15, 0.2) is 5.75 Å². The lowest BCUT2D eigenvalue weighted by atomic mass is 10.2. The second-order valence-corrected chi connectivity index (χ2v) is 3.22. The van der Waals surface area contributed by atoms with Gasteiger partial charge in [-0.1, -0.05) is 12.1 Å². The summed E-state index contributed by atoms with van der Waals surface area (Å²) in [7, 11) is 0. The Hall–Kier alpha value is -1.65. The minimum Gasteiger partial charge on any atom is -0.404 e. The number of hydrogen-bond donors (Lipinski definition) is 1. The predicted molar refractivity (Wildman–Crippen MR) is 49.7 cm³/mol. The highest BCUT2D eigenvalue weighted by Gasteiger charge is 2.31. The van der Waals surface area contributed by atoms with Crippen molar-refractivity contribution < 1.29 is 17.9 Å². The Labute approximate surface area is 83.7 Å². The third kappa shape index (κ3) is 2.06. The van der Waals surface area contributed by atoms with Crippen LogP contribution in [0.2, 0.25) is 0 Å². The first-order chi connectivity index (χ1) is 6.96. The van der Waals surface area contributed by atoms with Gasteiger partial charge in [-0.2, -0.15) is 0 Å². The monoisotopic (exact) mass is 215 g/mol. The third-order valence-electron chi connectivity index (χ3n) is 1.98. The van der Waals surface area contributed by atoms with Gasteiger partial charge in [-0.15, -0.1) is 13.2 Å². The first-order valence-corrected chi connectivity index (χ1v) is 4.30. The Morgan fingerprint density at radius 2 is 2.00 bits per heavy atom. The van der Waals surface area contributed by atoms with Crippen molar-refractivity contribution in [3.8, 4) is 5.75 Å². The molecule has 0 amide bonds. The smallest absolute Gasteiger partial charge is 0.404 e. The molecule has 2 nitrogen and oxygen atoms in total. The van der Waals surface area contributed by atoms with Crippen LogP contribution >= 0.6 is 0 Å². The number of alkyl halides is 3. The van der Waals surface area contributed by atoms with Crippen LogP contribution in [-0.2, 0) is 0 Å². The molecule has 80 valence electrons. The fraction of sp³-hybridized carbons (Fsp3) is 0.200. The number of aromatic amines is 1. The number of H-pyrrole nitrogens is 1. The Bertz CT molecular complexity index is 487. The highest BCUT2D eigenvalue weighted by Crippen LogP contribution is 2.30. The number of para-hydroxylation sites is 1. The van der Waals surface area contributed by atoms with E-state index < -0.39 is 6.36 Å². The Balaban J connectivity index is 2.51. The highest BCUT2D eigenvalue weighted by atomic mass is 19.4. The van der Waals surface area contributed by atoms with E-state index in [1.165, 1.54) is 12.1 Å². The molecule has 1 N–H and O–H groups in total. The van der Waals surface area contributed by atoms with Crippen LogP contribution < -0.4 is 4.74 Å².